The van der Waals surface area contributed by atoms with E-state index in [1.54, 1.807) is 25.3 Å². The van der Waals surface area contributed by atoms with Gasteiger partial charge in [-0.3, -0.25) is 0 Å². The minimum atomic E-state index is -0.295. The van der Waals surface area contributed by atoms with Crippen molar-refractivity contribution in [3.8, 4) is 5.75 Å². The van der Waals surface area contributed by atoms with Gasteiger partial charge in [-0.25, -0.2) is 4.79 Å². The summed E-state index contributed by atoms with van der Waals surface area (Å²) in [7, 11) is 1.54. The van der Waals surface area contributed by atoms with Gasteiger partial charge in [0.25, 0.3) is 0 Å². The van der Waals surface area contributed by atoms with Crippen molar-refractivity contribution in [2.45, 2.75) is 18.9 Å². The van der Waals surface area contributed by atoms with Crippen molar-refractivity contribution in [1.82, 2.24) is 5.32 Å². The number of nitrogens with one attached hydrogen (secondary N) is 2. The molecule has 1 fully saturated rings. The summed E-state index contributed by atoms with van der Waals surface area (Å²) >= 11 is 5.89. The molecule has 2 N–H and O–H groups in total. The maximum atomic E-state index is 11.8. The molecule has 0 bridgehead atoms. The minimum Gasteiger partial charge on any atom is -0.495 e. The first-order valence-electron chi connectivity index (χ1n) is 6.19. The molecule has 2 amide bonds. The average Bonchev–Trinajstić information content (AvgIpc) is 2.90. The standard InChI is InChI=1S/C13H17ClN2O3/c1-18-12-5-4-9(14)7-11(12)16-13(17)15-8-10-3-2-6-19-10/h4-5,7,10H,2-3,6,8H2,1H3,(H2,15,16,17)/t10-/m1/s1. The summed E-state index contributed by atoms with van der Waals surface area (Å²) in [5.41, 5.74) is 0.542. The van der Waals surface area contributed by atoms with E-state index in [0.29, 0.717) is 23.0 Å². The summed E-state index contributed by atoms with van der Waals surface area (Å²) in [6.07, 6.45) is 2.16. The lowest BCUT2D eigenvalue weighted by Crippen LogP contribution is -2.35. The Labute approximate surface area is 117 Å². The molecule has 0 spiro atoms. The Morgan fingerprint density at radius 3 is 3.11 bits per heavy atom. The zero-order valence-electron chi connectivity index (χ0n) is 10.7. The predicted octanol–water partition coefficient (Wildman–Crippen LogP) is 2.65. The molecular weight excluding hydrogens is 268 g/mol. The highest BCUT2D eigenvalue weighted by molar-refractivity contribution is 6.31. The molecule has 104 valence electrons. The van der Waals surface area contributed by atoms with Crippen LogP contribution in [-0.2, 0) is 4.74 Å². The van der Waals surface area contributed by atoms with E-state index in [1.165, 1.54) is 0 Å². The summed E-state index contributed by atoms with van der Waals surface area (Å²) < 4.78 is 10.6. The first-order chi connectivity index (χ1) is 9.19. The third-order valence-electron chi connectivity index (χ3n) is 2.92. The number of rotatable bonds is 4. The Balaban J connectivity index is 1.88. The molecule has 5 nitrogen and oxygen atoms in total. The molecule has 1 aliphatic rings. The summed E-state index contributed by atoms with van der Waals surface area (Å²) in [6, 6.07) is 4.76. The van der Waals surface area contributed by atoms with Gasteiger partial charge < -0.3 is 20.1 Å². The lowest BCUT2D eigenvalue weighted by molar-refractivity contribution is 0.112. The number of amides is 2. The van der Waals surface area contributed by atoms with Crippen molar-refractivity contribution >= 4 is 23.3 Å². The number of methoxy groups -OCH3 is 1. The van der Waals surface area contributed by atoms with Crippen LogP contribution in [0.5, 0.6) is 5.75 Å². The van der Waals surface area contributed by atoms with Crippen LogP contribution in [0.4, 0.5) is 10.5 Å². The first kappa shape index (κ1) is 14.0. The number of halogens is 1. The number of carbonyl (C=O) groups excluding carboxylic acids is 1. The zero-order chi connectivity index (χ0) is 13.7. The fraction of sp³-hybridized carbons (Fsp3) is 0.462. The second-order valence-corrected chi connectivity index (χ2v) is 4.75. The van der Waals surface area contributed by atoms with E-state index in [-0.39, 0.29) is 12.1 Å². The largest absolute Gasteiger partial charge is 0.495 e. The monoisotopic (exact) mass is 284 g/mol. The smallest absolute Gasteiger partial charge is 0.319 e. The SMILES string of the molecule is COc1ccc(Cl)cc1NC(=O)NC[C@H]1CCCO1. The van der Waals surface area contributed by atoms with Gasteiger partial charge in [-0.15, -0.1) is 0 Å². The molecule has 0 unspecified atom stereocenters. The summed E-state index contributed by atoms with van der Waals surface area (Å²) in [4.78, 5) is 11.8. The Morgan fingerprint density at radius 2 is 2.42 bits per heavy atom. The van der Waals surface area contributed by atoms with Crippen molar-refractivity contribution in [3.63, 3.8) is 0 Å². The number of urea groups is 1. The Bertz CT molecular complexity index is 448. The number of anilines is 1. The number of hydrogen-bond acceptors (Lipinski definition) is 3. The zero-order valence-corrected chi connectivity index (χ0v) is 11.5. The Kier molecular flexibility index (Phi) is 4.87. The number of hydrogen-bond donors (Lipinski definition) is 2. The van der Waals surface area contributed by atoms with Crippen LogP contribution in [0.1, 0.15) is 12.8 Å². The third-order valence-corrected chi connectivity index (χ3v) is 3.16. The van der Waals surface area contributed by atoms with E-state index < -0.39 is 0 Å². The fourth-order valence-electron chi connectivity index (χ4n) is 1.96. The molecule has 1 aromatic rings. The van der Waals surface area contributed by atoms with Crippen LogP contribution in [0.25, 0.3) is 0 Å². The van der Waals surface area contributed by atoms with Crippen molar-refractivity contribution in [1.29, 1.82) is 0 Å². The molecule has 1 aliphatic heterocycles. The lowest BCUT2D eigenvalue weighted by atomic mass is 10.2. The van der Waals surface area contributed by atoms with E-state index in [1.807, 2.05) is 0 Å². The maximum Gasteiger partial charge on any atom is 0.319 e. The molecule has 0 aliphatic carbocycles. The van der Waals surface area contributed by atoms with Gasteiger partial charge in [-0.2, -0.15) is 0 Å². The van der Waals surface area contributed by atoms with Crippen molar-refractivity contribution < 1.29 is 14.3 Å². The van der Waals surface area contributed by atoms with Gasteiger partial charge in [-0.1, -0.05) is 11.6 Å². The molecule has 1 heterocycles. The van der Waals surface area contributed by atoms with Crippen molar-refractivity contribution in [2.24, 2.45) is 0 Å². The fourth-order valence-corrected chi connectivity index (χ4v) is 2.13. The summed E-state index contributed by atoms with van der Waals surface area (Å²) in [6.45, 7) is 1.28. The summed E-state index contributed by atoms with van der Waals surface area (Å²) in [5.74, 6) is 0.566. The average molecular weight is 285 g/mol. The molecule has 1 saturated heterocycles. The van der Waals surface area contributed by atoms with E-state index in [0.717, 1.165) is 19.4 Å². The van der Waals surface area contributed by atoms with Crippen molar-refractivity contribution in [2.75, 3.05) is 25.6 Å². The number of benzene rings is 1. The third kappa shape index (κ3) is 4.01. The molecule has 19 heavy (non-hydrogen) atoms. The molecular formula is C13H17ClN2O3. The molecule has 1 aromatic carbocycles. The second-order valence-electron chi connectivity index (χ2n) is 4.31. The highest BCUT2D eigenvalue weighted by atomic mass is 35.5. The molecule has 2 rings (SSSR count). The minimum absolute atomic E-state index is 0.118. The highest BCUT2D eigenvalue weighted by Crippen LogP contribution is 2.27. The van der Waals surface area contributed by atoms with Gasteiger partial charge in [0.05, 0.1) is 18.9 Å². The van der Waals surface area contributed by atoms with Crippen LogP contribution in [0.2, 0.25) is 5.02 Å². The van der Waals surface area contributed by atoms with Gasteiger partial charge in [0, 0.05) is 18.2 Å². The molecule has 0 radical (unpaired) electrons. The van der Waals surface area contributed by atoms with E-state index in [2.05, 4.69) is 10.6 Å². The molecule has 1 atom stereocenters. The van der Waals surface area contributed by atoms with Gasteiger partial charge in [-0.05, 0) is 31.0 Å². The van der Waals surface area contributed by atoms with Crippen LogP contribution >= 0.6 is 11.6 Å². The van der Waals surface area contributed by atoms with Crippen molar-refractivity contribution in [3.05, 3.63) is 23.2 Å². The van der Waals surface area contributed by atoms with Crippen LogP contribution in [0.15, 0.2) is 18.2 Å². The quantitative estimate of drug-likeness (QED) is 0.893. The molecule has 0 saturated carbocycles. The maximum absolute atomic E-state index is 11.8. The predicted molar refractivity (Wildman–Crippen MR) is 74.0 cm³/mol. The Morgan fingerprint density at radius 1 is 1.58 bits per heavy atom. The van der Waals surface area contributed by atoms with Crippen LogP contribution in [-0.4, -0.2) is 32.4 Å². The van der Waals surface area contributed by atoms with Crippen LogP contribution in [0, 0.1) is 0 Å². The molecule has 0 aromatic heterocycles. The van der Waals surface area contributed by atoms with Gasteiger partial charge >= 0.3 is 6.03 Å². The lowest BCUT2D eigenvalue weighted by Gasteiger charge is -2.13. The first-order valence-corrected chi connectivity index (χ1v) is 6.57. The number of carbonyl (C=O) groups is 1. The van der Waals surface area contributed by atoms with Crippen LogP contribution in [0.3, 0.4) is 0 Å². The van der Waals surface area contributed by atoms with Crippen LogP contribution < -0.4 is 15.4 Å². The van der Waals surface area contributed by atoms with Gasteiger partial charge in [0.15, 0.2) is 0 Å². The van der Waals surface area contributed by atoms with E-state index >= 15 is 0 Å². The summed E-state index contributed by atoms with van der Waals surface area (Å²) in [5, 5.41) is 6.02. The van der Waals surface area contributed by atoms with E-state index in [9.17, 15) is 4.79 Å². The highest BCUT2D eigenvalue weighted by Gasteiger charge is 2.16. The van der Waals surface area contributed by atoms with Gasteiger partial charge in [0.1, 0.15) is 5.75 Å². The normalized spacial score (nSPS) is 18.1. The molecule has 6 heteroatoms. The number of ether oxygens (including phenoxy) is 2. The topological polar surface area (TPSA) is 59.6 Å². The van der Waals surface area contributed by atoms with E-state index in [4.69, 9.17) is 21.1 Å². The second kappa shape index (κ2) is 6.63. The van der Waals surface area contributed by atoms with Gasteiger partial charge in [0.2, 0.25) is 0 Å². The Hall–Kier alpha value is -1.46.